The highest BCUT2D eigenvalue weighted by molar-refractivity contribution is 6.01. The summed E-state index contributed by atoms with van der Waals surface area (Å²) in [6.45, 7) is 3.95. The molecule has 0 fully saturated rings. The van der Waals surface area contributed by atoms with Crippen LogP contribution in [0.3, 0.4) is 0 Å². The molecule has 0 bridgehead atoms. The molecule has 28 heavy (non-hydrogen) atoms. The van der Waals surface area contributed by atoms with Crippen LogP contribution < -0.4 is 4.74 Å². The lowest BCUT2D eigenvalue weighted by atomic mass is 9.91. The number of aromatic hydroxyl groups is 1. The van der Waals surface area contributed by atoms with Crippen molar-refractivity contribution in [3.05, 3.63) is 64.2 Å². The Morgan fingerprint density at radius 2 is 1.75 bits per heavy atom. The van der Waals surface area contributed by atoms with Crippen molar-refractivity contribution in [2.75, 3.05) is 0 Å². The van der Waals surface area contributed by atoms with Gasteiger partial charge in [-0.3, -0.25) is 10.1 Å². The summed E-state index contributed by atoms with van der Waals surface area (Å²) in [4.78, 5) is 10.8. The highest BCUT2D eigenvalue weighted by Crippen LogP contribution is 2.50. The molecule has 0 saturated carbocycles. The molecule has 1 N–H and O–H groups in total. The van der Waals surface area contributed by atoms with E-state index in [2.05, 4.69) is 10.2 Å². The zero-order valence-electron chi connectivity index (χ0n) is 15.5. The zero-order chi connectivity index (χ0) is 19.9. The van der Waals surface area contributed by atoms with E-state index in [1.807, 2.05) is 38.1 Å². The molecule has 0 saturated heterocycles. The van der Waals surface area contributed by atoms with Gasteiger partial charge in [0.15, 0.2) is 11.4 Å². The van der Waals surface area contributed by atoms with Gasteiger partial charge in [0.25, 0.3) is 5.69 Å². The minimum absolute atomic E-state index is 0.121. The molecule has 0 aliphatic carbocycles. The molecule has 0 spiro atoms. The third kappa shape index (κ3) is 3.05. The van der Waals surface area contributed by atoms with Gasteiger partial charge in [0.05, 0.1) is 4.92 Å². The van der Waals surface area contributed by atoms with Crippen LogP contribution >= 0.6 is 0 Å². The largest absolute Gasteiger partial charge is 0.507 e. The van der Waals surface area contributed by atoms with Crippen LogP contribution in [0.1, 0.15) is 25.8 Å². The fourth-order valence-corrected chi connectivity index (χ4v) is 3.43. The highest BCUT2D eigenvalue weighted by atomic mass is 16.6. The molecule has 3 aromatic rings. The summed E-state index contributed by atoms with van der Waals surface area (Å²) in [6.07, 6.45) is 1.40. The second-order valence-electron chi connectivity index (χ2n) is 7.36. The maximum Gasteiger partial charge on any atom is 0.296 e. The Morgan fingerprint density at radius 1 is 1.07 bits per heavy atom. The van der Waals surface area contributed by atoms with Crippen molar-refractivity contribution in [2.24, 2.45) is 10.2 Å². The second kappa shape index (κ2) is 6.60. The molecule has 1 aliphatic rings. The van der Waals surface area contributed by atoms with E-state index in [0.717, 1.165) is 6.42 Å². The third-order valence-corrected chi connectivity index (χ3v) is 4.90. The lowest BCUT2D eigenvalue weighted by Gasteiger charge is -2.34. The average molecular weight is 377 g/mol. The molecular formula is C21H19N3O4. The number of hydrogen-bond acceptors (Lipinski definition) is 6. The maximum absolute atomic E-state index is 11.3. The first-order valence-corrected chi connectivity index (χ1v) is 8.98. The van der Waals surface area contributed by atoms with E-state index in [0.29, 0.717) is 34.2 Å². The van der Waals surface area contributed by atoms with Crippen molar-refractivity contribution >= 4 is 27.8 Å². The second-order valence-corrected chi connectivity index (χ2v) is 7.36. The van der Waals surface area contributed by atoms with Crippen molar-refractivity contribution in [3.8, 4) is 11.5 Å². The van der Waals surface area contributed by atoms with Crippen LogP contribution in [-0.4, -0.2) is 15.6 Å². The summed E-state index contributed by atoms with van der Waals surface area (Å²) in [6, 6.07) is 13.5. The number of para-hydroxylation sites is 1. The Hall–Kier alpha value is -3.48. The summed E-state index contributed by atoms with van der Waals surface area (Å²) in [5.41, 5.74) is 0.784. The number of ether oxygens (including phenoxy) is 1. The van der Waals surface area contributed by atoms with Crippen molar-refractivity contribution < 1.29 is 14.8 Å². The lowest BCUT2D eigenvalue weighted by Crippen LogP contribution is -2.32. The van der Waals surface area contributed by atoms with Crippen LogP contribution in [0.15, 0.2) is 58.8 Å². The van der Waals surface area contributed by atoms with Crippen LogP contribution in [0.5, 0.6) is 11.5 Å². The molecule has 0 amide bonds. The fraction of sp³-hybridized carbons (Fsp3) is 0.238. The standard InChI is InChI=1S/C21H19N3O4/c1-21(2)12-11-15-19(25)14-8-4-3-7-13(14)18(20(15)28-21)23-22-16-9-5-6-10-17(16)24(26)27/h3-10,25H,11-12H2,1-2H3. The van der Waals surface area contributed by atoms with Crippen LogP contribution in [0.4, 0.5) is 17.1 Å². The van der Waals surface area contributed by atoms with Crippen LogP contribution in [-0.2, 0) is 6.42 Å². The Morgan fingerprint density at radius 3 is 2.50 bits per heavy atom. The monoisotopic (exact) mass is 377 g/mol. The Balaban J connectivity index is 1.94. The normalized spacial score (nSPS) is 15.4. The van der Waals surface area contributed by atoms with Gasteiger partial charge in [-0.1, -0.05) is 36.4 Å². The predicted molar refractivity (Wildman–Crippen MR) is 106 cm³/mol. The van der Waals surface area contributed by atoms with E-state index in [4.69, 9.17) is 4.74 Å². The fourth-order valence-electron chi connectivity index (χ4n) is 3.43. The molecule has 142 valence electrons. The molecule has 0 atom stereocenters. The number of phenols is 1. The van der Waals surface area contributed by atoms with Gasteiger partial charge < -0.3 is 9.84 Å². The molecule has 0 aromatic heterocycles. The SMILES string of the molecule is CC1(C)CCc2c(c(N=Nc3ccccc3[N+](=O)[O-])c3ccccc3c2O)O1. The molecule has 7 heteroatoms. The number of nitrogens with zero attached hydrogens (tertiary/aromatic N) is 3. The van der Waals surface area contributed by atoms with Crippen molar-refractivity contribution in [2.45, 2.75) is 32.3 Å². The van der Waals surface area contributed by atoms with Gasteiger partial charge in [0, 0.05) is 22.4 Å². The van der Waals surface area contributed by atoms with Gasteiger partial charge in [-0.2, -0.15) is 0 Å². The summed E-state index contributed by atoms with van der Waals surface area (Å²) in [5, 5.41) is 31.8. The number of nitro benzene ring substituents is 1. The molecule has 3 aromatic carbocycles. The van der Waals surface area contributed by atoms with E-state index in [1.165, 1.54) is 6.07 Å². The van der Waals surface area contributed by atoms with Crippen molar-refractivity contribution in [1.82, 2.24) is 0 Å². The van der Waals surface area contributed by atoms with Crippen molar-refractivity contribution in [3.63, 3.8) is 0 Å². The molecule has 7 nitrogen and oxygen atoms in total. The highest BCUT2D eigenvalue weighted by Gasteiger charge is 2.32. The lowest BCUT2D eigenvalue weighted by molar-refractivity contribution is -0.384. The smallest absolute Gasteiger partial charge is 0.296 e. The topological polar surface area (TPSA) is 97.3 Å². The first-order chi connectivity index (χ1) is 13.4. The summed E-state index contributed by atoms with van der Waals surface area (Å²) < 4.78 is 6.16. The average Bonchev–Trinajstić information content (AvgIpc) is 2.67. The number of rotatable bonds is 3. The minimum Gasteiger partial charge on any atom is -0.507 e. The first-order valence-electron chi connectivity index (χ1n) is 8.98. The van der Waals surface area contributed by atoms with Crippen LogP contribution in [0.2, 0.25) is 0 Å². The quantitative estimate of drug-likeness (QED) is 0.345. The van der Waals surface area contributed by atoms with Crippen molar-refractivity contribution in [1.29, 1.82) is 0 Å². The van der Waals surface area contributed by atoms with Gasteiger partial charge in [-0.05, 0) is 32.8 Å². The van der Waals surface area contributed by atoms with Gasteiger partial charge >= 0.3 is 0 Å². The number of hydrogen-bond donors (Lipinski definition) is 1. The van der Waals surface area contributed by atoms with E-state index in [1.54, 1.807) is 18.2 Å². The van der Waals surface area contributed by atoms with Gasteiger partial charge in [-0.25, -0.2) is 0 Å². The number of benzene rings is 3. The number of phenolic OH excluding ortho intramolecular Hbond substituents is 1. The predicted octanol–water partition coefficient (Wildman–Crippen LogP) is 5.97. The van der Waals surface area contributed by atoms with Crippen LogP contribution in [0, 0.1) is 10.1 Å². The Bertz CT molecular complexity index is 1120. The summed E-state index contributed by atoms with van der Waals surface area (Å²) in [5.74, 6) is 0.667. The Labute approximate surface area is 161 Å². The van der Waals surface area contributed by atoms with E-state index >= 15 is 0 Å². The zero-order valence-corrected chi connectivity index (χ0v) is 15.5. The maximum atomic E-state index is 11.3. The number of azo groups is 1. The number of nitro groups is 1. The van der Waals surface area contributed by atoms with Gasteiger partial charge in [-0.15, -0.1) is 10.2 Å². The van der Waals surface area contributed by atoms with E-state index in [-0.39, 0.29) is 17.1 Å². The van der Waals surface area contributed by atoms with Gasteiger partial charge in [0.2, 0.25) is 0 Å². The number of fused-ring (bicyclic) bond motifs is 2. The Kier molecular flexibility index (Phi) is 4.22. The van der Waals surface area contributed by atoms with E-state index in [9.17, 15) is 15.2 Å². The summed E-state index contributed by atoms with van der Waals surface area (Å²) >= 11 is 0. The molecule has 0 radical (unpaired) electrons. The molecule has 0 unspecified atom stereocenters. The first kappa shape index (κ1) is 17.9. The summed E-state index contributed by atoms with van der Waals surface area (Å²) in [7, 11) is 0. The molecular weight excluding hydrogens is 358 g/mol. The molecule has 1 aliphatic heterocycles. The molecule has 1 heterocycles. The van der Waals surface area contributed by atoms with Gasteiger partial charge in [0.1, 0.15) is 17.0 Å². The molecule has 4 rings (SSSR count). The minimum atomic E-state index is -0.488. The third-order valence-electron chi connectivity index (χ3n) is 4.90. The van der Waals surface area contributed by atoms with Crippen LogP contribution in [0.25, 0.3) is 10.8 Å². The van der Waals surface area contributed by atoms with E-state index < -0.39 is 10.5 Å².